The fourth-order valence-electron chi connectivity index (χ4n) is 2.67. The van der Waals surface area contributed by atoms with Gasteiger partial charge in [-0.1, -0.05) is 29.8 Å². The number of benzene rings is 1. The Bertz CT molecular complexity index is 423. The highest BCUT2D eigenvalue weighted by Gasteiger charge is 2.20. The third-order valence-electron chi connectivity index (χ3n) is 3.50. The van der Waals surface area contributed by atoms with Crippen molar-refractivity contribution in [3.05, 3.63) is 34.1 Å². The summed E-state index contributed by atoms with van der Waals surface area (Å²) in [7, 11) is 0. The number of nitrogens with one attached hydrogen (secondary N) is 1. The summed E-state index contributed by atoms with van der Waals surface area (Å²) < 4.78 is 14.7. The summed E-state index contributed by atoms with van der Waals surface area (Å²) in [5, 5.41) is 3.55. The minimum absolute atomic E-state index is 0.109. The van der Waals surface area contributed by atoms with Gasteiger partial charge < -0.3 is 5.32 Å². The number of hydrogen-bond acceptors (Lipinski definition) is 2. The van der Waals surface area contributed by atoms with Gasteiger partial charge in [-0.05, 0) is 30.5 Å². The van der Waals surface area contributed by atoms with E-state index in [-0.39, 0.29) is 5.82 Å². The molecule has 0 radical (unpaired) electrons. The van der Waals surface area contributed by atoms with Gasteiger partial charge in [0, 0.05) is 42.3 Å². The molecule has 1 unspecified atom stereocenters. The normalized spacial score (nSPS) is 21.0. The second-order valence-electron chi connectivity index (χ2n) is 5.75. The molecule has 1 aliphatic rings. The summed E-state index contributed by atoms with van der Waals surface area (Å²) in [6, 6.07) is 5.70. The second kappa shape index (κ2) is 6.82. The van der Waals surface area contributed by atoms with Crippen LogP contribution >= 0.6 is 15.9 Å². The Balaban J connectivity index is 1.96. The van der Waals surface area contributed by atoms with Gasteiger partial charge in [0.2, 0.25) is 0 Å². The van der Waals surface area contributed by atoms with E-state index in [4.69, 9.17) is 0 Å². The zero-order valence-corrected chi connectivity index (χ0v) is 13.2. The molecule has 1 aromatic carbocycles. The lowest BCUT2D eigenvalue weighted by Crippen LogP contribution is -2.50. The third kappa shape index (κ3) is 4.55. The van der Waals surface area contributed by atoms with Gasteiger partial charge in [-0.3, -0.25) is 4.90 Å². The van der Waals surface area contributed by atoms with Crippen molar-refractivity contribution in [2.24, 2.45) is 5.92 Å². The topological polar surface area (TPSA) is 15.3 Å². The van der Waals surface area contributed by atoms with Crippen LogP contribution in [-0.2, 0) is 6.54 Å². The van der Waals surface area contributed by atoms with E-state index in [0.29, 0.717) is 18.5 Å². The first-order valence-corrected chi connectivity index (χ1v) is 7.73. The van der Waals surface area contributed by atoms with Crippen molar-refractivity contribution in [2.45, 2.75) is 32.9 Å². The summed E-state index contributed by atoms with van der Waals surface area (Å²) >= 11 is 3.41. The number of piperazine rings is 1. The van der Waals surface area contributed by atoms with Crippen molar-refractivity contribution in [1.29, 1.82) is 0 Å². The van der Waals surface area contributed by atoms with Gasteiger partial charge in [0.25, 0.3) is 0 Å². The molecule has 4 heteroatoms. The summed E-state index contributed by atoms with van der Waals surface area (Å²) in [5.74, 6) is 0.585. The van der Waals surface area contributed by atoms with E-state index in [9.17, 15) is 4.39 Å². The lowest BCUT2D eigenvalue weighted by molar-refractivity contribution is 0.178. The molecule has 0 aromatic heterocycles. The van der Waals surface area contributed by atoms with Crippen LogP contribution in [0.1, 0.15) is 25.8 Å². The molecule has 0 saturated carbocycles. The van der Waals surface area contributed by atoms with E-state index in [1.807, 2.05) is 6.07 Å². The Morgan fingerprint density at radius 2 is 2.26 bits per heavy atom. The molecule has 0 aliphatic carbocycles. The highest BCUT2D eigenvalue weighted by molar-refractivity contribution is 9.10. The molecule has 2 nitrogen and oxygen atoms in total. The van der Waals surface area contributed by atoms with Gasteiger partial charge in [0.15, 0.2) is 0 Å². The van der Waals surface area contributed by atoms with Crippen LogP contribution in [0, 0.1) is 11.7 Å². The van der Waals surface area contributed by atoms with Crippen LogP contribution in [0.25, 0.3) is 0 Å². The second-order valence-corrected chi connectivity index (χ2v) is 6.67. The molecule has 1 saturated heterocycles. The van der Waals surface area contributed by atoms with E-state index < -0.39 is 0 Å². The molecular weight excluding hydrogens is 307 g/mol. The lowest BCUT2D eigenvalue weighted by Gasteiger charge is -2.34. The van der Waals surface area contributed by atoms with Crippen LogP contribution < -0.4 is 5.32 Å². The molecule has 1 fully saturated rings. The van der Waals surface area contributed by atoms with Crippen molar-refractivity contribution in [2.75, 3.05) is 19.6 Å². The minimum atomic E-state index is -0.109. The molecule has 1 aliphatic heterocycles. The van der Waals surface area contributed by atoms with Gasteiger partial charge >= 0.3 is 0 Å². The van der Waals surface area contributed by atoms with Gasteiger partial charge in [-0.15, -0.1) is 0 Å². The molecule has 1 heterocycles. The average Bonchev–Trinajstić information content (AvgIpc) is 2.33. The van der Waals surface area contributed by atoms with Gasteiger partial charge in [0.1, 0.15) is 5.82 Å². The fraction of sp³-hybridized carbons (Fsp3) is 0.600. The first-order chi connectivity index (χ1) is 9.04. The maximum Gasteiger partial charge on any atom is 0.127 e. The van der Waals surface area contributed by atoms with E-state index in [1.54, 1.807) is 6.07 Å². The molecule has 2 rings (SSSR count). The number of hydrogen-bond donors (Lipinski definition) is 1. The number of rotatable bonds is 4. The van der Waals surface area contributed by atoms with E-state index in [0.717, 1.165) is 29.7 Å². The predicted octanol–water partition coefficient (Wildman–Crippen LogP) is 3.41. The maximum absolute atomic E-state index is 13.8. The summed E-state index contributed by atoms with van der Waals surface area (Å²) in [5.41, 5.74) is 0.777. The van der Waals surface area contributed by atoms with E-state index in [1.165, 1.54) is 12.5 Å². The monoisotopic (exact) mass is 328 g/mol. The largest absolute Gasteiger partial charge is 0.311 e. The molecule has 0 amide bonds. The summed E-state index contributed by atoms with van der Waals surface area (Å²) in [6.45, 7) is 8.17. The van der Waals surface area contributed by atoms with E-state index in [2.05, 4.69) is 40.0 Å². The average molecular weight is 329 g/mol. The Morgan fingerprint density at radius 3 is 3.00 bits per heavy atom. The Labute approximate surface area is 123 Å². The van der Waals surface area contributed by atoms with Crippen molar-refractivity contribution in [3.8, 4) is 0 Å². The quantitative estimate of drug-likeness (QED) is 0.911. The third-order valence-corrected chi connectivity index (χ3v) is 3.99. The van der Waals surface area contributed by atoms with E-state index >= 15 is 0 Å². The van der Waals surface area contributed by atoms with Crippen LogP contribution in [-0.4, -0.2) is 30.6 Å². The molecule has 1 aromatic rings. The Kier molecular flexibility index (Phi) is 5.37. The highest BCUT2D eigenvalue weighted by Crippen LogP contribution is 2.18. The van der Waals surface area contributed by atoms with Crippen molar-refractivity contribution in [3.63, 3.8) is 0 Å². The molecule has 0 bridgehead atoms. The summed E-state index contributed by atoms with van der Waals surface area (Å²) in [4.78, 5) is 2.34. The minimum Gasteiger partial charge on any atom is -0.311 e. The zero-order chi connectivity index (χ0) is 13.8. The van der Waals surface area contributed by atoms with Gasteiger partial charge in [-0.25, -0.2) is 4.39 Å². The van der Waals surface area contributed by atoms with Crippen LogP contribution in [0.2, 0.25) is 0 Å². The molecule has 1 atom stereocenters. The van der Waals surface area contributed by atoms with Crippen LogP contribution in [0.5, 0.6) is 0 Å². The van der Waals surface area contributed by atoms with Crippen molar-refractivity contribution in [1.82, 2.24) is 10.2 Å². The smallest absolute Gasteiger partial charge is 0.127 e. The fourth-order valence-corrected chi connectivity index (χ4v) is 3.08. The van der Waals surface area contributed by atoms with Crippen molar-refractivity contribution < 1.29 is 4.39 Å². The summed E-state index contributed by atoms with van der Waals surface area (Å²) in [6.07, 6.45) is 1.18. The number of halogens is 2. The molecule has 19 heavy (non-hydrogen) atoms. The highest BCUT2D eigenvalue weighted by atomic mass is 79.9. The molecule has 0 spiro atoms. The van der Waals surface area contributed by atoms with Crippen LogP contribution in [0.15, 0.2) is 22.7 Å². The van der Waals surface area contributed by atoms with Gasteiger partial charge in [0.05, 0.1) is 0 Å². The lowest BCUT2D eigenvalue weighted by atomic mass is 10.0. The maximum atomic E-state index is 13.8. The Morgan fingerprint density at radius 1 is 1.47 bits per heavy atom. The zero-order valence-electron chi connectivity index (χ0n) is 11.6. The first-order valence-electron chi connectivity index (χ1n) is 6.94. The van der Waals surface area contributed by atoms with Gasteiger partial charge in [-0.2, -0.15) is 0 Å². The number of nitrogens with zero attached hydrogens (tertiary/aromatic N) is 1. The van der Waals surface area contributed by atoms with Crippen LogP contribution in [0.4, 0.5) is 4.39 Å². The SMILES string of the molecule is CC(C)CC1CN(Cc2cc(Br)ccc2F)CCN1. The molecule has 1 N–H and O–H groups in total. The molecule has 106 valence electrons. The molecular formula is C15H22BrFN2. The van der Waals surface area contributed by atoms with Crippen molar-refractivity contribution >= 4 is 15.9 Å². The standard InChI is InChI=1S/C15H22BrFN2/c1-11(2)7-14-10-19(6-5-18-14)9-12-8-13(16)3-4-15(12)17/h3-4,8,11,14,18H,5-7,9-10H2,1-2H3. The van der Waals surface area contributed by atoms with Crippen LogP contribution in [0.3, 0.4) is 0 Å². The first kappa shape index (κ1) is 14.9. The Hall–Kier alpha value is -0.450. The predicted molar refractivity (Wildman–Crippen MR) is 80.6 cm³/mol.